The molecule has 22 heavy (non-hydrogen) atoms. The van der Waals surface area contributed by atoms with Crippen LogP contribution in [0.5, 0.6) is 0 Å². The average Bonchev–Trinajstić information content (AvgIpc) is 2.97. The lowest BCUT2D eigenvalue weighted by Crippen LogP contribution is -2.47. The molecule has 0 aliphatic carbocycles. The van der Waals surface area contributed by atoms with Gasteiger partial charge in [-0.05, 0) is 31.3 Å². The van der Waals surface area contributed by atoms with Crippen molar-refractivity contribution in [3.05, 3.63) is 35.9 Å². The molecule has 1 fully saturated rings. The van der Waals surface area contributed by atoms with Gasteiger partial charge < -0.3 is 14.3 Å². The third-order valence-electron chi connectivity index (χ3n) is 3.72. The first kappa shape index (κ1) is 14.6. The minimum absolute atomic E-state index is 0.000411. The first-order valence-electron chi connectivity index (χ1n) is 7.16. The largest absolute Gasteiger partial charge is 0.340 e. The highest BCUT2D eigenvalue weighted by atomic mass is 19.1. The third-order valence-corrected chi connectivity index (χ3v) is 3.72. The van der Waals surface area contributed by atoms with Crippen LogP contribution >= 0.6 is 0 Å². The van der Waals surface area contributed by atoms with Crippen LogP contribution in [0, 0.1) is 5.82 Å². The van der Waals surface area contributed by atoms with Crippen molar-refractivity contribution in [1.29, 1.82) is 0 Å². The number of halogens is 1. The Morgan fingerprint density at radius 3 is 2.59 bits per heavy atom. The Hall–Kier alpha value is -2.28. The normalized spacial score (nSPS) is 16.0. The van der Waals surface area contributed by atoms with E-state index in [1.54, 1.807) is 12.1 Å². The number of amides is 1. The summed E-state index contributed by atoms with van der Waals surface area (Å²) in [5.41, 5.74) is 0.632. The van der Waals surface area contributed by atoms with Crippen molar-refractivity contribution in [3.63, 3.8) is 0 Å². The number of hydrogen-bond acceptors (Lipinski definition) is 5. The van der Waals surface area contributed by atoms with Crippen LogP contribution in [0.25, 0.3) is 11.5 Å². The quantitative estimate of drug-likeness (QED) is 0.852. The van der Waals surface area contributed by atoms with Crippen molar-refractivity contribution in [2.75, 3.05) is 33.2 Å². The Balaban J connectivity index is 1.64. The zero-order valence-corrected chi connectivity index (χ0v) is 12.3. The molecule has 0 bridgehead atoms. The fraction of sp³-hybridized carbons (Fsp3) is 0.400. The van der Waals surface area contributed by atoms with E-state index in [1.165, 1.54) is 12.1 Å². The lowest BCUT2D eigenvalue weighted by Gasteiger charge is -2.32. The van der Waals surface area contributed by atoms with E-state index < -0.39 is 0 Å². The number of carbonyl (C=O) groups excluding carboxylic acids is 1. The molecule has 0 spiro atoms. The Bertz CT molecular complexity index is 648. The van der Waals surface area contributed by atoms with Crippen molar-refractivity contribution in [2.24, 2.45) is 0 Å². The zero-order valence-electron chi connectivity index (χ0n) is 12.3. The van der Waals surface area contributed by atoms with Gasteiger partial charge in [-0.3, -0.25) is 4.79 Å². The summed E-state index contributed by atoms with van der Waals surface area (Å²) in [6.45, 7) is 3.19. The first-order chi connectivity index (χ1) is 10.6. The van der Waals surface area contributed by atoms with Gasteiger partial charge in [0.1, 0.15) is 5.82 Å². The Labute approximate surface area is 127 Å². The summed E-state index contributed by atoms with van der Waals surface area (Å²) >= 11 is 0. The highest BCUT2D eigenvalue weighted by Gasteiger charge is 2.21. The van der Waals surface area contributed by atoms with Gasteiger partial charge in [0.05, 0.1) is 6.42 Å². The number of nitrogens with zero attached hydrogens (tertiary/aromatic N) is 4. The van der Waals surface area contributed by atoms with Crippen LogP contribution in [0.4, 0.5) is 4.39 Å². The molecular formula is C15H17FN4O2. The minimum Gasteiger partial charge on any atom is -0.340 e. The summed E-state index contributed by atoms with van der Waals surface area (Å²) in [4.78, 5) is 20.4. The van der Waals surface area contributed by atoms with E-state index in [1.807, 2.05) is 11.9 Å². The second-order valence-corrected chi connectivity index (χ2v) is 5.38. The molecule has 1 aliphatic heterocycles. The van der Waals surface area contributed by atoms with Crippen LogP contribution in [-0.2, 0) is 11.2 Å². The van der Waals surface area contributed by atoms with Crippen molar-refractivity contribution in [3.8, 4) is 11.5 Å². The lowest BCUT2D eigenvalue weighted by molar-refractivity contribution is -0.132. The molecule has 2 aromatic rings. The smallest absolute Gasteiger partial charge is 0.257 e. The van der Waals surface area contributed by atoms with Gasteiger partial charge >= 0.3 is 0 Å². The predicted octanol–water partition coefficient (Wildman–Crippen LogP) is 1.19. The van der Waals surface area contributed by atoms with Crippen LogP contribution in [0.2, 0.25) is 0 Å². The van der Waals surface area contributed by atoms with E-state index in [2.05, 4.69) is 15.0 Å². The molecule has 0 atom stereocenters. The van der Waals surface area contributed by atoms with Gasteiger partial charge in [0.2, 0.25) is 5.91 Å². The third kappa shape index (κ3) is 3.30. The zero-order chi connectivity index (χ0) is 15.5. The molecule has 1 aromatic carbocycles. The monoisotopic (exact) mass is 304 g/mol. The number of likely N-dealkylation sites (N-methyl/N-ethyl adjacent to an activating group) is 1. The number of benzene rings is 1. The number of carbonyl (C=O) groups is 1. The van der Waals surface area contributed by atoms with Gasteiger partial charge in [-0.15, -0.1) is 0 Å². The van der Waals surface area contributed by atoms with E-state index in [0.717, 1.165) is 26.2 Å². The molecule has 1 aliphatic rings. The molecule has 7 heteroatoms. The molecule has 0 saturated carbocycles. The fourth-order valence-electron chi connectivity index (χ4n) is 2.34. The van der Waals surface area contributed by atoms with Gasteiger partial charge in [0.15, 0.2) is 5.82 Å². The van der Waals surface area contributed by atoms with E-state index in [-0.39, 0.29) is 18.1 Å². The summed E-state index contributed by atoms with van der Waals surface area (Å²) in [7, 11) is 2.04. The van der Waals surface area contributed by atoms with Gasteiger partial charge in [-0.25, -0.2) is 4.39 Å². The van der Waals surface area contributed by atoms with E-state index in [4.69, 9.17) is 4.52 Å². The van der Waals surface area contributed by atoms with Crippen LogP contribution in [-0.4, -0.2) is 59.1 Å². The molecule has 2 heterocycles. The van der Waals surface area contributed by atoms with Crippen molar-refractivity contribution in [2.45, 2.75) is 6.42 Å². The molecule has 1 amide bonds. The SMILES string of the molecule is CN1CCN(C(=O)Cc2noc(-c3ccc(F)cc3)n2)CC1. The fourth-order valence-corrected chi connectivity index (χ4v) is 2.34. The summed E-state index contributed by atoms with van der Waals surface area (Å²) in [6, 6.07) is 5.78. The van der Waals surface area contributed by atoms with E-state index in [9.17, 15) is 9.18 Å². The summed E-state index contributed by atoms with van der Waals surface area (Å²) in [5, 5.41) is 3.83. The van der Waals surface area contributed by atoms with Gasteiger partial charge in [0.25, 0.3) is 5.89 Å². The van der Waals surface area contributed by atoms with Crippen LogP contribution in [0.3, 0.4) is 0 Å². The highest BCUT2D eigenvalue weighted by Crippen LogP contribution is 2.17. The maximum Gasteiger partial charge on any atom is 0.257 e. The van der Waals surface area contributed by atoms with Crippen LogP contribution in [0.15, 0.2) is 28.8 Å². The minimum atomic E-state index is -0.325. The molecule has 1 saturated heterocycles. The van der Waals surface area contributed by atoms with Crippen molar-refractivity contribution in [1.82, 2.24) is 19.9 Å². The summed E-state index contributed by atoms with van der Waals surface area (Å²) in [5.74, 6) is 0.317. The van der Waals surface area contributed by atoms with E-state index >= 15 is 0 Å². The number of rotatable bonds is 3. The molecule has 1 aromatic heterocycles. The molecule has 0 unspecified atom stereocenters. The molecule has 0 radical (unpaired) electrons. The Morgan fingerprint density at radius 1 is 1.23 bits per heavy atom. The summed E-state index contributed by atoms with van der Waals surface area (Å²) < 4.78 is 18.0. The Kier molecular flexibility index (Phi) is 4.15. The number of piperazine rings is 1. The molecule has 0 N–H and O–H groups in total. The standard InChI is InChI=1S/C15H17FN4O2/c1-19-6-8-20(9-7-19)14(21)10-13-17-15(22-18-13)11-2-4-12(16)5-3-11/h2-5H,6-10H2,1H3. The average molecular weight is 304 g/mol. The topological polar surface area (TPSA) is 62.5 Å². The van der Waals surface area contributed by atoms with Crippen molar-refractivity contribution < 1.29 is 13.7 Å². The molecule has 6 nitrogen and oxygen atoms in total. The molecule has 3 rings (SSSR count). The highest BCUT2D eigenvalue weighted by molar-refractivity contribution is 5.78. The maximum absolute atomic E-state index is 12.9. The van der Waals surface area contributed by atoms with Crippen LogP contribution < -0.4 is 0 Å². The van der Waals surface area contributed by atoms with Gasteiger partial charge in [-0.1, -0.05) is 5.16 Å². The predicted molar refractivity (Wildman–Crippen MR) is 77.5 cm³/mol. The summed E-state index contributed by atoms with van der Waals surface area (Å²) in [6.07, 6.45) is 0.119. The van der Waals surface area contributed by atoms with Crippen molar-refractivity contribution >= 4 is 5.91 Å². The number of aromatic nitrogens is 2. The van der Waals surface area contributed by atoms with Gasteiger partial charge in [0, 0.05) is 31.7 Å². The molecule has 116 valence electrons. The van der Waals surface area contributed by atoms with Crippen LogP contribution in [0.1, 0.15) is 5.82 Å². The Morgan fingerprint density at radius 2 is 1.91 bits per heavy atom. The van der Waals surface area contributed by atoms with Gasteiger partial charge in [-0.2, -0.15) is 4.98 Å². The first-order valence-corrected chi connectivity index (χ1v) is 7.16. The number of hydrogen-bond donors (Lipinski definition) is 0. The second kappa shape index (κ2) is 6.23. The second-order valence-electron chi connectivity index (χ2n) is 5.38. The van der Waals surface area contributed by atoms with E-state index in [0.29, 0.717) is 17.3 Å². The molecular weight excluding hydrogens is 287 g/mol. The maximum atomic E-state index is 12.9. The lowest BCUT2D eigenvalue weighted by atomic mass is 10.2.